The van der Waals surface area contributed by atoms with Crippen LogP contribution in [0.3, 0.4) is 0 Å². The van der Waals surface area contributed by atoms with E-state index in [4.69, 9.17) is 0 Å². The maximum absolute atomic E-state index is 12.0. The van der Waals surface area contributed by atoms with Crippen molar-refractivity contribution < 1.29 is 13.2 Å². The lowest BCUT2D eigenvalue weighted by Gasteiger charge is -2.26. The average Bonchev–Trinajstić information content (AvgIpc) is 2.47. The fraction of sp³-hybridized carbons (Fsp3) is 1.00. The van der Waals surface area contributed by atoms with E-state index in [1.54, 1.807) is 6.92 Å². The van der Waals surface area contributed by atoms with Crippen LogP contribution >= 0.6 is 0 Å². The van der Waals surface area contributed by atoms with Gasteiger partial charge >= 0.3 is 6.18 Å². The highest BCUT2D eigenvalue weighted by Crippen LogP contribution is 2.25. The Kier molecular flexibility index (Phi) is 4.00. The van der Waals surface area contributed by atoms with Gasteiger partial charge in [0.2, 0.25) is 0 Å². The van der Waals surface area contributed by atoms with Crippen molar-refractivity contribution in [3.05, 3.63) is 0 Å². The summed E-state index contributed by atoms with van der Waals surface area (Å²) in [5.41, 5.74) is 0.111. The van der Waals surface area contributed by atoms with E-state index >= 15 is 0 Å². The van der Waals surface area contributed by atoms with Crippen LogP contribution in [0.25, 0.3) is 0 Å². The molecule has 2 nitrogen and oxygen atoms in total. The summed E-state index contributed by atoms with van der Waals surface area (Å²) < 4.78 is 36.1. The molecule has 0 spiro atoms. The molecule has 0 aliphatic carbocycles. The van der Waals surface area contributed by atoms with E-state index in [2.05, 4.69) is 17.6 Å². The zero-order valence-electron chi connectivity index (χ0n) is 9.25. The lowest BCUT2D eigenvalue weighted by molar-refractivity contribution is -0.139. The van der Waals surface area contributed by atoms with Crippen LogP contribution in [0.15, 0.2) is 0 Å². The fourth-order valence-corrected chi connectivity index (χ4v) is 1.86. The van der Waals surface area contributed by atoms with Gasteiger partial charge in [-0.3, -0.25) is 0 Å². The Morgan fingerprint density at radius 1 is 1.47 bits per heavy atom. The Hall–Kier alpha value is -0.290. The van der Waals surface area contributed by atoms with Crippen molar-refractivity contribution in [1.82, 2.24) is 10.6 Å². The smallest absolute Gasteiger partial charge is 0.316 e. The van der Waals surface area contributed by atoms with Crippen molar-refractivity contribution in [2.75, 3.05) is 19.6 Å². The summed E-state index contributed by atoms with van der Waals surface area (Å²) in [5.74, 6) is 0. The Labute approximate surface area is 88.6 Å². The molecule has 0 radical (unpaired) electrons. The second-order valence-corrected chi connectivity index (χ2v) is 4.84. The van der Waals surface area contributed by atoms with Crippen LogP contribution in [0.5, 0.6) is 0 Å². The van der Waals surface area contributed by atoms with E-state index in [1.165, 1.54) is 0 Å². The van der Waals surface area contributed by atoms with Crippen LogP contribution in [0.4, 0.5) is 13.2 Å². The molecule has 0 amide bonds. The van der Waals surface area contributed by atoms with Crippen LogP contribution < -0.4 is 10.6 Å². The van der Waals surface area contributed by atoms with E-state index in [1.807, 2.05) is 0 Å². The molecule has 1 aliphatic rings. The number of nitrogens with one attached hydrogen (secondary N) is 2. The predicted molar refractivity (Wildman–Crippen MR) is 53.7 cm³/mol. The van der Waals surface area contributed by atoms with E-state index in [9.17, 15) is 13.2 Å². The number of halogens is 3. The van der Waals surface area contributed by atoms with Crippen LogP contribution in [-0.2, 0) is 0 Å². The largest absolute Gasteiger partial charge is 0.390 e. The highest BCUT2D eigenvalue weighted by Gasteiger charge is 2.32. The fourth-order valence-electron chi connectivity index (χ4n) is 1.86. The van der Waals surface area contributed by atoms with Gasteiger partial charge < -0.3 is 10.6 Å². The molecular weight excluding hydrogens is 205 g/mol. The van der Waals surface area contributed by atoms with Gasteiger partial charge in [0.1, 0.15) is 0 Å². The van der Waals surface area contributed by atoms with E-state index in [0.717, 1.165) is 19.5 Å². The van der Waals surface area contributed by atoms with Crippen molar-refractivity contribution in [1.29, 1.82) is 0 Å². The van der Waals surface area contributed by atoms with Gasteiger partial charge in [-0.15, -0.1) is 0 Å². The molecule has 2 unspecified atom stereocenters. The van der Waals surface area contributed by atoms with Gasteiger partial charge in [0, 0.05) is 19.1 Å². The number of hydrogen-bond acceptors (Lipinski definition) is 2. The maximum atomic E-state index is 12.0. The van der Waals surface area contributed by atoms with Crippen molar-refractivity contribution in [3.63, 3.8) is 0 Å². The normalized spacial score (nSPS) is 29.4. The van der Waals surface area contributed by atoms with Crippen LogP contribution in [0, 0.1) is 5.41 Å². The summed E-state index contributed by atoms with van der Waals surface area (Å²) >= 11 is 0. The summed E-state index contributed by atoms with van der Waals surface area (Å²) in [6, 6.07) is -0.498. The summed E-state index contributed by atoms with van der Waals surface area (Å²) in [6.07, 6.45) is -3.80. The number of rotatable bonds is 4. The first-order chi connectivity index (χ1) is 6.81. The van der Waals surface area contributed by atoms with Gasteiger partial charge in [-0.1, -0.05) is 6.92 Å². The lowest BCUT2D eigenvalue weighted by Crippen LogP contribution is -2.40. The van der Waals surface area contributed by atoms with E-state index in [-0.39, 0.29) is 5.41 Å². The molecular formula is C10H19F3N2. The first-order valence-electron chi connectivity index (χ1n) is 5.32. The predicted octanol–water partition coefficient (Wildman–Crippen LogP) is 1.92. The third-order valence-electron chi connectivity index (χ3n) is 2.87. The zero-order valence-corrected chi connectivity index (χ0v) is 9.25. The quantitative estimate of drug-likeness (QED) is 0.762. The lowest BCUT2D eigenvalue weighted by atomic mass is 9.89. The molecule has 0 aromatic carbocycles. The third kappa shape index (κ3) is 4.84. The molecule has 1 heterocycles. The van der Waals surface area contributed by atoms with Gasteiger partial charge in [0.25, 0.3) is 0 Å². The average molecular weight is 224 g/mol. The van der Waals surface area contributed by atoms with Crippen LogP contribution in [0.1, 0.15) is 26.7 Å². The van der Waals surface area contributed by atoms with Gasteiger partial charge in [0.05, 0.1) is 6.42 Å². The molecule has 0 saturated carbocycles. The van der Waals surface area contributed by atoms with Crippen molar-refractivity contribution >= 4 is 0 Å². The van der Waals surface area contributed by atoms with Crippen molar-refractivity contribution in [3.8, 4) is 0 Å². The SMILES string of the molecule is CC(CC(F)(F)F)NCC1(C)CCNC1. The zero-order chi connectivity index (χ0) is 11.5. The molecule has 1 saturated heterocycles. The Morgan fingerprint density at radius 3 is 2.60 bits per heavy atom. The molecule has 2 atom stereocenters. The van der Waals surface area contributed by atoms with Gasteiger partial charge in [-0.05, 0) is 25.3 Å². The number of hydrogen-bond donors (Lipinski definition) is 2. The molecule has 0 aromatic rings. The molecule has 90 valence electrons. The summed E-state index contributed by atoms with van der Waals surface area (Å²) in [7, 11) is 0. The second kappa shape index (κ2) is 4.70. The number of alkyl halides is 3. The molecule has 1 rings (SSSR count). The minimum Gasteiger partial charge on any atom is -0.316 e. The maximum Gasteiger partial charge on any atom is 0.390 e. The highest BCUT2D eigenvalue weighted by molar-refractivity contribution is 4.86. The van der Waals surface area contributed by atoms with Crippen LogP contribution in [-0.4, -0.2) is 31.9 Å². The standard InChI is InChI=1S/C10H19F3N2/c1-8(5-10(11,12)13)15-7-9(2)3-4-14-6-9/h8,14-15H,3-7H2,1-2H3. The Morgan fingerprint density at radius 2 is 2.13 bits per heavy atom. The topological polar surface area (TPSA) is 24.1 Å². The van der Waals surface area contributed by atoms with Crippen LogP contribution in [0.2, 0.25) is 0 Å². The summed E-state index contributed by atoms with van der Waals surface area (Å²) in [6.45, 7) is 6.18. The monoisotopic (exact) mass is 224 g/mol. The first-order valence-corrected chi connectivity index (χ1v) is 5.32. The molecule has 5 heteroatoms. The van der Waals surface area contributed by atoms with E-state index < -0.39 is 18.6 Å². The Bertz CT molecular complexity index is 197. The first kappa shape index (κ1) is 12.8. The minimum atomic E-state index is -4.07. The summed E-state index contributed by atoms with van der Waals surface area (Å²) in [4.78, 5) is 0. The van der Waals surface area contributed by atoms with Crippen molar-refractivity contribution in [2.45, 2.75) is 38.9 Å². The molecule has 15 heavy (non-hydrogen) atoms. The second-order valence-electron chi connectivity index (χ2n) is 4.84. The third-order valence-corrected chi connectivity index (χ3v) is 2.87. The molecule has 1 aliphatic heterocycles. The minimum absolute atomic E-state index is 0.111. The molecule has 1 fully saturated rings. The Balaban J connectivity index is 2.24. The van der Waals surface area contributed by atoms with Gasteiger partial charge in [-0.2, -0.15) is 13.2 Å². The molecule has 0 bridgehead atoms. The molecule has 2 N–H and O–H groups in total. The van der Waals surface area contributed by atoms with Gasteiger partial charge in [0.15, 0.2) is 0 Å². The van der Waals surface area contributed by atoms with Crippen molar-refractivity contribution in [2.24, 2.45) is 5.41 Å². The highest BCUT2D eigenvalue weighted by atomic mass is 19.4. The van der Waals surface area contributed by atoms with E-state index in [0.29, 0.717) is 6.54 Å². The van der Waals surface area contributed by atoms with Gasteiger partial charge in [-0.25, -0.2) is 0 Å². The molecule has 0 aromatic heterocycles. The summed E-state index contributed by atoms with van der Waals surface area (Å²) in [5, 5.41) is 6.18.